The molecule has 2 aromatic rings. The molecule has 0 bridgehead atoms. The molecule has 10 heteroatoms. The molecule has 1 aromatic heterocycles. The molecule has 1 N–H and O–H groups in total. The van der Waals surface area contributed by atoms with Crippen molar-refractivity contribution in [3.8, 4) is 0 Å². The minimum Gasteiger partial charge on any atom is -0.378 e. The van der Waals surface area contributed by atoms with Gasteiger partial charge < -0.3 is 19.7 Å². The van der Waals surface area contributed by atoms with E-state index in [2.05, 4.69) is 15.2 Å². The first kappa shape index (κ1) is 23.6. The van der Waals surface area contributed by atoms with Gasteiger partial charge in [-0.05, 0) is 49.7 Å². The molecule has 0 saturated carbocycles. The maximum Gasteiger partial charge on any atom is 0.251 e. The highest BCUT2D eigenvalue weighted by Gasteiger charge is 2.32. The predicted octanol–water partition coefficient (Wildman–Crippen LogP) is 1.65. The summed E-state index contributed by atoms with van der Waals surface area (Å²) in [6.45, 7) is 7.50. The fraction of sp³-hybridized carbons (Fsp3) is 0.478. The molecular formula is C23H30N4O5S. The van der Waals surface area contributed by atoms with Crippen LogP contribution < -0.4 is 10.2 Å². The van der Waals surface area contributed by atoms with E-state index in [9.17, 15) is 13.2 Å². The first-order valence-electron chi connectivity index (χ1n) is 11.1. The zero-order chi connectivity index (χ0) is 23.4. The molecule has 2 aliphatic rings. The van der Waals surface area contributed by atoms with Gasteiger partial charge in [0.05, 0.1) is 30.3 Å². The summed E-state index contributed by atoms with van der Waals surface area (Å²) >= 11 is 0. The van der Waals surface area contributed by atoms with Crippen molar-refractivity contribution < 1.29 is 22.7 Å². The minimum atomic E-state index is -3.72. The normalized spacial score (nSPS) is 22.2. The monoisotopic (exact) mass is 474 g/mol. The first-order valence-corrected chi connectivity index (χ1v) is 12.6. The second-order valence-corrected chi connectivity index (χ2v) is 10.3. The SMILES string of the molecule is CC1CN(S(=O)(=O)c2cccc(C(=O)NCc3ccnc(N4CCOCC4)c3)c2)CC(C)O1. The molecule has 9 nitrogen and oxygen atoms in total. The van der Waals surface area contributed by atoms with Crippen molar-refractivity contribution in [1.82, 2.24) is 14.6 Å². The van der Waals surface area contributed by atoms with Gasteiger partial charge >= 0.3 is 0 Å². The number of carbonyl (C=O) groups excluding carboxylic acids is 1. The van der Waals surface area contributed by atoms with E-state index in [4.69, 9.17) is 9.47 Å². The summed E-state index contributed by atoms with van der Waals surface area (Å²) in [6, 6.07) is 9.97. The Morgan fingerprint density at radius 1 is 1.12 bits per heavy atom. The highest BCUT2D eigenvalue weighted by molar-refractivity contribution is 7.89. The first-order chi connectivity index (χ1) is 15.8. The van der Waals surface area contributed by atoms with Gasteiger partial charge in [0, 0.05) is 44.5 Å². The van der Waals surface area contributed by atoms with Crippen LogP contribution in [0.5, 0.6) is 0 Å². The third-order valence-electron chi connectivity index (χ3n) is 5.72. The number of amides is 1. The second-order valence-electron chi connectivity index (χ2n) is 8.41. The van der Waals surface area contributed by atoms with Crippen LogP contribution in [-0.4, -0.2) is 75.2 Å². The van der Waals surface area contributed by atoms with Crippen molar-refractivity contribution in [3.63, 3.8) is 0 Å². The van der Waals surface area contributed by atoms with Crippen LogP contribution >= 0.6 is 0 Å². The number of nitrogens with zero attached hydrogens (tertiary/aromatic N) is 3. The van der Waals surface area contributed by atoms with Crippen molar-refractivity contribution >= 4 is 21.7 Å². The zero-order valence-electron chi connectivity index (χ0n) is 18.9. The van der Waals surface area contributed by atoms with E-state index >= 15 is 0 Å². The maximum atomic E-state index is 13.1. The fourth-order valence-corrected chi connectivity index (χ4v) is 5.73. The molecule has 0 radical (unpaired) electrons. The molecular weight excluding hydrogens is 444 g/mol. The van der Waals surface area contributed by atoms with Crippen molar-refractivity contribution in [3.05, 3.63) is 53.7 Å². The molecule has 2 fully saturated rings. The molecule has 4 rings (SSSR count). The zero-order valence-corrected chi connectivity index (χ0v) is 19.8. The van der Waals surface area contributed by atoms with Crippen LogP contribution in [-0.2, 0) is 26.0 Å². The molecule has 2 saturated heterocycles. The van der Waals surface area contributed by atoms with Gasteiger partial charge in [0.1, 0.15) is 5.82 Å². The van der Waals surface area contributed by atoms with Gasteiger partial charge in [0.2, 0.25) is 10.0 Å². The Balaban J connectivity index is 1.43. The lowest BCUT2D eigenvalue weighted by Gasteiger charge is -2.34. The van der Waals surface area contributed by atoms with Crippen LogP contribution in [0.2, 0.25) is 0 Å². The van der Waals surface area contributed by atoms with E-state index in [1.54, 1.807) is 18.3 Å². The molecule has 0 spiro atoms. The third kappa shape index (κ3) is 5.70. The van der Waals surface area contributed by atoms with Crippen LogP contribution in [0.15, 0.2) is 47.5 Å². The van der Waals surface area contributed by atoms with Gasteiger partial charge in [-0.3, -0.25) is 4.79 Å². The van der Waals surface area contributed by atoms with Crippen molar-refractivity contribution in [2.24, 2.45) is 0 Å². The number of morpholine rings is 2. The minimum absolute atomic E-state index is 0.106. The van der Waals surface area contributed by atoms with E-state index in [-0.39, 0.29) is 36.1 Å². The lowest BCUT2D eigenvalue weighted by atomic mass is 10.2. The summed E-state index contributed by atoms with van der Waals surface area (Å²) in [5.74, 6) is 0.521. The largest absolute Gasteiger partial charge is 0.378 e. The lowest BCUT2D eigenvalue weighted by Crippen LogP contribution is -2.48. The van der Waals surface area contributed by atoms with Gasteiger partial charge in [-0.25, -0.2) is 13.4 Å². The summed E-state index contributed by atoms with van der Waals surface area (Å²) in [5.41, 5.74) is 1.22. The molecule has 1 amide bonds. The molecule has 3 heterocycles. The number of hydrogen-bond acceptors (Lipinski definition) is 7. The van der Waals surface area contributed by atoms with Crippen LogP contribution in [0.4, 0.5) is 5.82 Å². The van der Waals surface area contributed by atoms with Gasteiger partial charge in [-0.15, -0.1) is 0 Å². The molecule has 2 atom stereocenters. The van der Waals surface area contributed by atoms with Crippen molar-refractivity contribution in [1.29, 1.82) is 0 Å². The number of anilines is 1. The molecule has 2 aliphatic heterocycles. The van der Waals surface area contributed by atoms with Crippen molar-refractivity contribution in [2.45, 2.75) is 37.5 Å². The van der Waals surface area contributed by atoms with E-state index < -0.39 is 10.0 Å². The van der Waals surface area contributed by atoms with Crippen molar-refractivity contribution in [2.75, 3.05) is 44.3 Å². The molecule has 1 aromatic carbocycles. The Hall–Kier alpha value is -2.53. The summed E-state index contributed by atoms with van der Waals surface area (Å²) in [6.07, 6.45) is 1.36. The van der Waals surface area contributed by atoms with Crippen LogP contribution in [0, 0.1) is 0 Å². The lowest BCUT2D eigenvalue weighted by molar-refractivity contribution is -0.0440. The van der Waals surface area contributed by atoms with E-state index in [0.29, 0.717) is 25.3 Å². The Kier molecular flexibility index (Phi) is 7.28. The number of hydrogen-bond donors (Lipinski definition) is 1. The smallest absolute Gasteiger partial charge is 0.251 e. The Bertz CT molecular complexity index is 1080. The number of ether oxygens (including phenoxy) is 2. The predicted molar refractivity (Wildman–Crippen MR) is 124 cm³/mol. The Morgan fingerprint density at radius 2 is 1.85 bits per heavy atom. The number of nitrogens with one attached hydrogen (secondary N) is 1. The topological polar surface area (TPSA) is 101 Å². The number of carbonyl (C=O) groups is 1. The number of rotatable bonds is 6. The quantitative estimate of drug-likeness (QED) is 0.679. The van der Waals surface area contributed by atoms with Gasteiger partial charge in [-0.1, -0.05) is 6.07 Å². The second kappa shape index (κ2) is 10.2. The number of aromatic nitrogens is 1. The summed E-state index contributed by atoms with van der Waals surface area (Å²) in [7, 11) is -3.72. The van der Waals surface area contributed by atoms with E-state index in [0.717, 1.165) is 24.5 Å². The molecule has 0 aliphatic carbocycles. The number of benzene rings is 1. The van der Waals surface area contributed by atoms with Crippen LogP contribution in [0.1, 0.15) is 29.8 Å². The van der Waals surface area contributed by atoms with Crippen LogP contribution in [0.25, 0.3) is 0 Å². The van der Waals surface area contributed by atoms with E-state index in [1.807, 2.05) is 26.0 Å². The fourth-order valence-electron chi connectivity index (χ4n) is 4.09. The Labute approximate surface area is 194 Å². The summed E-state index contributed by atoms with van der Waals surface area (Å²) < 4.78 is 38.7. The summed E-state index contributed by atoms with van der Waals surface area (Å²) in [4.78, 5) is 19.5. The number of pyridine rings is 1. The molecule has 178 valence electrons. The average molecular weight is 475 g/mol. The number of sulfonamides is 1. The third-order valence-corrected chi connectivity index (χ3v) is 7.55. The van der Waals surface area contributed by atoms with Crippen LogP contribution in [0.3, 0.4) is 0 Å². The maximum absolute atomic E-state index is 13.1. The standard InChI is InChI=1S/C23H30N4O5S/c1-17-15-27(16-18(2)32-17)33(29,30)21-5-3-4-20(13-21)23(28)25-14-19-6-7-24-22(12-19)26-8-10-31-11-9-26/h3-7,12-13,17-18H,8-11,14-16H2,1-2H3,(H,25,28). The van der Waals surface area contributed by atoms with E-state index in [1.165, 1.54) is 16.4 Å². The molecule has 2 unspecified atom stereocenters. The van der Waals surface area contributed by atoms with Gasteiger partial charge in [-0.2, -0.15) is 4.31 Å². The van der Waals surface area contributed by atoms with Gasteiger partial charge in [0.25, 0.3) is 5.91 Å². The Morgan fingerprint density at radius 3 is 2.58 bits per heavy atom. The summed E-state index contributed by atoms with van der Waals surface area (Å²) in [5, 5.41) is 2.88. The molecule has 33 heavy (non-hydrogen) atoms. The van der Waals surface area contributed by atoms with Gasteiger partial charge in [0.15, 0.2) is 0 Å². The average Bonchev–Trinajstić information content (AvgIpc) is 2.83. The highest BCUT2D eigenvalue weighted by atomic mass is 32.2. The highest BCUT2D eigenvalue weighted by Crippen LogP contribution is 2.22.